The number of anilines is 2. The van der Waals surface area contributed by atoms with E-state index >= 15 is 0 Å². The Labute approximate surface area is 162 Å². The van der Waals surface area contributed by atoms with Crippen LogP contribution in [0.25, 0.3) is 10.2 Å². The predicted molar refractivity (Wildman–Crippen MR) is 109 cm³/mol. The fourth-order valence-corrected chi connectivity index (χ4v) is 4.55. The second kappa shape index (κ2) is 7.64. The third-order valence-corrected chi connectivity index (χ3v) is 6.23. The van der Waals surface area contributed by atoms with Gasteiger partial charge in [-0.2, -0.15) is 0 Å². The van der Waals surface area contributed by atoms with Crippen LogP contribution in [0.3, 0.4) is 0 Å². The highest BCUT2D eigenvalue weighted by Crippen LogP contribution is 2.35. The lowest BCUT2D eigenvalue weighted by Gasteiger charge is -2.21. The molecule has 0 unspecified atom stereocenters. The quantitative estimate of drug-likeness (QED) is 0.601. The van der Waals surface area contributed by atoms with Crippen molar-refractivity contribution < 1.29 is 9.53 Å². The van der Waals surface area contributed by atoms with Crippen molar-refractivity contribution in [1.82, 2.24) is 9.97 Å². The van der Waals surface area contributed by atoms with Gasteiger partial charge in [0.05, 0.1) is 5.39 Å². The van der Waals surface area contributed by atoms with Crippen molar-refractivity contribution in [3.05, 3.63) is 46.6 Å². The molecule has 1 N–H and O–H groups in total. The first kappa shape index (κ1) is 17.9. The van der Waals surface area contributed by atoms with Crippen molar-refractivity contribution in [3.63, 3.8) is 0 Å². The van der Waals surface area contributed by atoms with E-state index in [1.807, 2.05) is 31.2 Å². The molecular formula is C21H23N3O2S. The number of thiophene rings is 1. The SMILES string of the molecule is Cc1ccc(Nc2ncnc3sc(C(=O)OC4CCCCC4)c(C)c23)cc1. The van der Waals surface area contributed by atoms with E-state index in [1.54, 1.807) is 0 Å². The van der Waals surface area contributed by atoms with Gasteiger partial charge in [-0.25, -0.2) is 14.8 Å². The summed E-state index contributed by atoms with van der Waals surface area (Å²) in [4.78, 5) is 22.9. The van der Waals surface area contributed by atoms with Crippen LogP contribution < -0.4 is 5.32 Å². The minimum Gasteiger partial charge on any atom is -0.458 e. The van der Waals surface area contributed by atoms with Gasteiger partial charge in [-0.3, -0.25) is 0 Å². The van der Waals surface area contributed by atoms with Gasteiger partial charge in [-0.05, 0) is 57.2 Å². The number of carbonyl (C=O) groups is 1. The average molecular weight is 382 g/mol. The molecule has 3 aromatic rings. The highest BCUT2D eigenvalue weighted by molar-refractivity contribution is 7.20. The largest absolute Gasteiger partial charge is 0.458 e. The molecule has 1 fully saturated rings. The van der Waals surface area contributed by atoms with Crippen LogP contribution in [0.4, 0.5) is 11.5 Å². The Kier molecular flexibility index (Phi) is 5.07. The summed E-state index contributed by atoms with van der Waals surface area (Å²) in [6.45, 7) is 4.00. The van der Waals surface area contributed by atoms with Crippen LogP contribution in [0, 0.1) is 13.8 Å². The Balaban J connectivity index is 1.63. The summed E-state index contributed by atoms with van der Waals surface area (Å²) in [7, 11) is 0. The molecule has 27 heavy (non-hydrogen) atoms. The van der Waals surface area contributed by atoms with Gasteiger partial charge in [0.25, 0.3) is 0 Å². The Morgan fingerprint density at radius 1 is 1.11 bits per heavy atom. The summed E-state index contributed by atoms with van der Waals surface area (Å²) in [6.07, 6.45) is 7.03. The lowest BCUT2D eigenvalue weighted by molar-refractivity contribution is 0.0216. The lowest BCUT2D eigenvalue weighted by Crippen LogP contribution is -2.20. The monoisotopic (exact) mass is 381 g/mol. The molecule has 0 radical (unpaired) electrons. The maximum absolute atomic E-state index is 12.7. The molecule has 0 amide bonds. The summed E-state index contributed by atoms with van der Waals surface area (Å²) < 4.78 is 5.76. The van der Waals surface area contributed by atoms with Crippen molar-refractivity contribution in [2.45, 2.75) is 52.1 Å². The van der Waals surface area contributed by atoms with E-state index in [2.05, 4.69) is 22.2 Å². The normalized spacial score (nSPS) is 15.0. The molecule has 0 saturated heterocycles. The number of carbonyl (C=O) groups excluding carboxylic acids is 1. The summed E-state index contributed by atoms with van der Waals surface area (Å²) in [5.41, 5.74) is 3.04. The van der Waals surface area contributed by atoms with Gasteiger partial charge in [0, 0.05) is 5.69 Å². The molecule has 0 aliphatic heterocycles. The van der Waals surface area contributed by atoms with Gasteiger partial charge >= 0.3 is 5.97 Å². The van der Waals surface area contributed by atoms with Crippen LogP contribution in [-0.2, 0) is 4.74 Å². The summed E-state index contributed by atoms with van der Waals surface area (Å²) in [6, 6.07) is 8.13. The molecule has 4 rings (SSSR count). The highest BCUT2D eigenvalue weighted by Gasteiger charge is 2.24. The van der Waals surface area contributed by atoms with Crippen molar-refractivity contribution in [3.8, 4) is 0 Å². The number of ether oxygens (including phenoxy) is 1. The topological polar surface area (TPSA) is 64.1 Å². The summed E-state index contributed by atoms with van der Waals surface area (Å²) in [5.74, 6) is 0.484. The Morgan fingerprint density at radius 3 is 2.59 bits per heavy atom. The number of hydrogen-bond donors (Lipinski definition) is 1. The lowest BCUT2D eigenvalue weighted by atomic mass is 9.98. The number of hydrogen-bond acceptors (Lipinski definition) is 6. The van der Waals surface area contributed by atoms with Crippen molar-refractivity contribution in [2.24, 2.45) is 0 Å². The molecule has 5 nitrogen and oxygen atoms in total. The molecule has 2 heterocycles. The van der Waals surface area contributed by atoms with Gasteiger partial charge < -0.3 is 10.1 Å². The second-order valence-electron chi connectivity index (χ2n) is 7.11. The summed E-state index contributed by atoms with van der Waals surface area (Å²) >= 11 is 1.38. The third kappa shape index (κ3) is 3.81. The van der Waals surface area contributed by atoms with Crippen LogP contribution in [0.15, 0.2) is 30.6 Å². The van der Waals surface area contributed by atoms with Crippen molar-refractivity contribution >= 4 is 39.0 Å². The Morgan fingerprint density at radius 2 is 1.85 bits per heavy atom. The molecular weight excluding hydrogens is 358 g/mol. The number of aromatic nitrogens is 2. The van der Waals surface area contributed by atoms with Crippen LogP contribution in [0.2, 0.25) is 0 Å². The van der Waals surface area contributed by atoms with E-state index in [-0.39, 0.29) is 12.1 Å². The number of rotatable bonds is 4. The first-order valence-corrected chi connectivity index (χ1v) is 10.2. The molecule has 1 aliphatic rings. The van der Waals surface area contributed by atoms with E-state index in [4.69, 9.17) is 4.74 Å². The van der Waals surface area contributed by atoms with Crippen molar-refractivity contribution in [2.75, 3.05) is 5.32 Å². The van der Waals surface area contributed by atoms with Gasteiger partial charge in [-0.1, -0.05) is 24.1 Å². The van der Waals surface area contributed by atoms with Gasteiger partial charge in [0.1, 0.15) is 28.0 Å². The molecule has 2 aromatic heterocycles. The molecule has 1 aromatic carbocycles. The number of benzene rings is 1. The van der Waals surface area contributed by atoms with Crippen molar-refractivity contribution in [1.29, 1.82) is 0 Å². The zero-order valence-corrected chi connectivity index (χ0v) is 16.4. The van der Waals surface area contributed by atoms with Crippen LogP contribution in [0.5, 0.6) is 0 Å². The molecule has 140 valence electrons. The van der Waals surface area contributed by atoms with Gasteiger partial charge in [0.2, 0.25) is 0 Å². The fourth-order valence-electron chi connectivity index (χ4n) is 3.52. The molecule has 1 saturated carbocycles. The highest BCUT2D eigenvalue weighted by atomic mass is 32.1. The zero-order valence-electron chi connectivity index (χ0n) is 15.6. The van der Waals surface area contributed by atoms with E-state index < -0.39 is 0 Å². The maximum atomic E-state index is 12.7. The molecule has 6 heteroatoms. The first-order valence-electron chi connectivity index (χ1n) is 9.40. The number of nitrogens with one attached hydrogen (secondary N) is 1. The average Bonchev–Trinajstić information content (AvgIpc) is 3.02. The molecule has 0 bridgehead atoms. The maximum Gasteiger partial charge on any atom is 0.348 e. The Bertz CT molecular complexity index is 959. The van der Waals surface area contributed by atoms with E-state index in [0.717, 1.165) is 47.2 Å². The van der Waals surface area contributed by atoms with E-state index in [1.165, 1.54) is 29.6 Å². The molecule has 0 spiro atoms. The first-order chi connectivity index (χ1) is 13.1. The fraction of sp³-hybridized carbons (Fsp3) is 0.381. The zero-order chi connectivity index (χ0) is 18.8. The molecule has 1 aliphatic carbocycles. The van der Waals surface area contributed by atoms with Crippen LogP contribution in [-0.4, -0.2) is 22.0 Å². The number of esters is 1. The van der Waals surface area contributed by atoms with Crippen LogP contribution >= 0.6 is 11.3 Å². The van der Waals surface area contributed by atoms with Gasteiger partial charge in [-0.15, -0.1) is 11.3 Å². The van der Waals surface area contributed by atoms with E-state index in [0.29, 0.717) is 10.7 Å². The number of nitrogens with zero attached hydrogens (tertiary/aromatic N) is 2. The standard InChI is InChI=1S/C21H23N3O2S/c1-13-8-10-15(11-9-13)24-19-17-14(2)18(27-20(17)23-12-22-19)21(25)26-16-6-4-3-5-7-16/h8-12,16H,3-7H2,1-2H3,(H,22,23,24). The smallest absolute Gasteiger partial charge is 0.348 e. The number of aryl methyl sites for hydroxylation is 2. The minimum absolute atomic E-state index is 0.0482. The third-order valence-electron chi connectivity index (χ3n) is 5.05. The van der Waals surface area contributed by atoms with Crippen LogP contribution in [0.1, 0.15) is 52.9 Å². The predicted octanol–water partition coefficient (Wildman–Crippen LogP) is 5.54. The number of fused-ring (bicyclic) bond motifs is 1. The van der Waals surface area contributed by atoms with Gasteiger partial charge in [0.15, 0.2) is 0 Å². The minimum atomic E-state index is -0.233. The second-order valence-corrected chi connectivity index (χ2v) is 8.11. The van der Waals surface area contributed by atoms with E-state index in [9.17, 15) is 4.79 Å². The Hall–Kier alpha value is -2.47. The summed E-state index contributed by atoms with van der Waals surface area (Å²) in [5, 5.41) is 4.24. The molecule has 0 atom stereocenters.